The lowest BCUT2D eigenvalue weighted by molar-refractivity contribution is -0.126. The summed E-state index contributed by atoms with van der Waals surface area (Å²) in [6.45, 7) is 5.93. The largest absolute Gasteiger partial charge is 0.491 e. The molecule has 2 rings (SSSR count). The molecule has 1 N–H and O–H groups in total. The zero-order valence-corrected chi connectivity index (χ0v) is 11.5. The van der Waals surface area contributed by atoms with Crippen molar-refractivity contribution < 1.29 is 14.3 Å². The number of carbonyl (C=O) groups excluding carboxylic acids is 2. The molecule has 1 fully saturated rings. The van der Waals surface area contributed by atoms with Gasteiger partial charge < -0.3 is 4.74 Å². The van der Waals surface area contributed by atoms with Crippen LogP contribution in [0.3, 0.4) is 0 Å². The van der Waals surface area contributed by atoms with E-state index in [9.17, 15) is 9.59 Å². The maximum absolute atomic E-state index is 11.7. The minimum absolute atomic E-state index is 0.0274. The fourth-order valence-corrected chi connectivity index (χ4v) is 2.33. The summed E-state index contributed by atoms with van der Waals surface area (Å²) < 4.78 is 5.58. The van der Waals surface area contributed by atoms with Gasteiger partial charge in [0.15, 0.2) is 0 Å². The molecule has 1 saturated heterocycles. The van der Waals surface area contributed by atoms with Crippen molar-refractivity contribution in [2.75, 3.05) is 0 Å². The number of hydrogen-bond donors (Lipinski definition) is 1. The average Bonchev–Trinajstić information content (AvgIpc) is 2.68. The summed E-state index contributed by atoms with van der Waals surface area (Å²) in [5.74, 6) is 0.239. The van der Waals surface area contributed by atoms with E-state index >= 15 is 0 Å². The van der Waals surface area contributed by atoms with Gasteiger partial charge in [0, 0.05) is 6.42 Å². The maximum Gasteiger partial charge on any atom is 0.230 e. The third kappa shape index (κ3) is 3.13. The van der Waals surface area contributed by atoms with E-state index in [1.165, 1.54) is 0 Å². The summed E-state index contributed by atoms with van der Waals surface area (Å²) in [7, 11) is 0. The van der Waals surface area contributed by atoms with Crippen molar-refractivity contribution in [2.45, 2.75) is 39.2 Å². The molecule has 1 heterocycles. The summed E-state index contributed by atoms with van der Waals surface area (Å²) in [5, 5.41) is 2.35. The lowest BCUT2D eigenvalue weighted by Gasteiger charge is -2.17. The van der Waals surface area contributed by atoms with Crippen LogP contribution >= 0.6 is 0 Å². The number of nitrogens with one attached hydrogen (secondary N) is 1. The third-order valence-corrected chi connectivity index (χ3v) is 3.39. The van der Waals surface area contributed by atoms with Gasteiger partial charge in [0.25, 0.3) is 0 Å². The Labute approximate surface area is 113 Å². The second kappa shape index (κ2) is 5.43. The highest BCUT2D eigenvalue weighted by atomic mass is 16.5. The van der Waals surface area contributed by atoms with Gasteiger partial charge in [-0.05, 0) is 37.5 Å². The molecule has 2 amide bonds. The molecule has 0 aromatic heterocycles. The van der Waals surface area contributed by atoms with E-state index in [1.807, 2.05) is 45.0 Å². The van der Waals surface area contributed by atoms with Gasteiger partial charge in [0.05, 0.1) is 12.0 Å². The number of rotatable bonds is 4. The summed E-state index contributed by atoms with van der Waals surface area (Å²) in [6.07, 6.45) is 0.422. The molecule has 1 aromatic carbocycles. The van der Waals surface area contributed by atoms with Gasteiger partial charge in [0.1, 0.15) is 5.75 Å². The van der Waals surface area contributed by atoms with E-state index in [1.54, 1.807) is 0 Å². The summed E-state index contributed by atoms with van der Waals surface area (Å²) in [5.41, 5.74) is 1.05. The second-order valence-corrected chi connectivity index (χ2v) is 5.25. The van der Waals surface area contributed by atoms with Crippen molar-refractivity contribution >= 4 is 11.8 Å². The van der Waals surface area contributed by atoms with E-state index in [0.717, 1.165) is 11.3 Å². The van der Waals surface area contributed by atoms with Gasteiger partial charge >= 0.3 is 0 Å². The highest BCUT2D eigenvalue weighted by molar-refractivity contribution is 6.03. The molecule has 4 heteroatoms. The Morgan fingerprint density at radius 2 is 1.79 bits per heavy atom. The molecule has 1 aliphatic heterocycles. The predicted molar refractivity (Wildman–Crippen MR) is 71.9 cm³/mol. The van der Waals surface area contributed by atoms with Crippen molar-refractivity contribution in [3.8, 4) is 5.75 Å². The predicted octanol–water partition coefficient (Wildman–Crippen LogP) is 2.24. The zero-order chi connectivity index (χ0) is 14.0. The number of benzene rings is 1. The van der Waals surface area contributed by atoms with Gasteiger partial charge in [-0.15, -0.1) is 0 Å². The molecule has 0 bridgehead atoms. The van der Waals surface area contributed by atoms with Gasteiger partial charge in [-0.1, -0.05) is 19.1 Å². The fourth-order valence-electron chi connectivity index (χ4n) is 2.33. The first-order valence-corrected chi connectivity index (χ1v) is 6.57. The molecule has 19 heavy (non-hydrogen) atoms. The summed E-state index contributed by atoms with van der Waals surface area (Å²) in [4.78, 5) is 22.9. The van der Waals surface area contributed by atoms with E-state index < -0.39 is 0 Å². The Morgan fingerprint density at radius 3 is 2.26 bits per heavy atom. The first-order valence-electron chi connectivity index (χ1n) is 6.57. The second-order valence-electron chi connectivity index (χ2n) is 5.25. The SMILES string of the molecule is CC(C)Oc1ccc(C(C)C2CC(=O)NC2=O)cc1. The minimum Gasteiger partial charge on any atom is -0.491 e. The highest BCUT2D eigenvalue weighted by Gasteiger charge is 2.35. The minimum atomic E-state index is -0.260. The van der Waals surface area contributed by atoms with Crippen LogP contribution < -0.4 is 10.1 Å². The molecule has 102 valence electrons. The number of amides is 2. The lowest BCUT2D eigenvalue weighted by Crippen LogP contribution is -2.24. The molecule has 1 aliphatic rings. The average molecular weight is 261 g/mol. The number of imide groups is 1. The fraction of sp³-hybridized carbons (Fsp3) is 0.467. The Hall–Kier alpha value is -1.84. The van der Waals surface area contributed by atoms with Gasteiger partial charge in [-0.2, -0.15) is 0 Å². The maximum atomic E-state index is 11.7. The van der Waals surface area contributed by atoms with Crippen LogP contribution in [0.25, 0.3) is 0 Å². The van der Waals surface area contributed by atoms with E-state index in [4.69, 9.17) is 4.74 Å². The molecule has 0 saturated carbocycles. The van der Waals surface area contributed by atoms with Crippen molar-refractivity contribution in [3.63, 3.8) is 0 Å². The van der Waals surface area contributed by atoms with Crippen LogP contribution in [0.4, 0.5) is 0 Å². The van der Waals surface area contributed by atoms with E-state index in [2.05, 4.69) is 5.32 Å². The van der Waals surface area contributed by atoms with Crippen LogP contribution in [-0.4, -0.2) is 17.9 Å². The molecule has 4 nitrogen and oxygen atoms in total. The Kier molecular flexibility index (Phi) is 3.88. The third-order valence-electron chi connectivity index (χ3n) is 3.39. The Balaban J connectivity index is 2.09. The van der Waals surface area contributed by atoms with Crippen LogP contribution in [0.5, 0.6) is 5.75 Å². The first kappa shape index (κ1) is 13.6. The molecule has 0 aliphatic carbocycles. The Bertz CT molecular complexity index is 479. The lowest BCUT2D eigenvalue weighted by atomic mass is 9.86. The first-order chi connectivity index (χ1) is 8.97. The van der Waals surface area contributed by atoms with Gasteiger partial charge in [-0.25, -0.2) is 0 Å². The molecule has 0 radical (unpaired) electrons. The summed E-state index contributed by atoms with van der Waals surface area (Å²) in [6, 6.07) is 7.72. The van der Waals surface area contributed by atoms with E-state index in [0.29, 0.717) is 0 Å². The van der Waals surface area contributed by atoms with Crippen molar-refractivity contribution in [1.29, 1.82) is 0 Å². The van der Waals surface area contributed by atoms with E-state index in [-0.39, 0.29) is 36.2 Å². The molecule has 2 unspecified atom stereocenters. The zero-order valence-electron chi connectivity index (χ0n) is 11.5. The molecule has 1 aromatic rings. The number of carbonyl (C=O) groups is 2. The number of hydrogen-bond acceptors (Lipinski definition) is 3. The molecule has 0 spiro atoms. The van der Waals surface area contributed by atoms with Crippen molar-refractivity contribution in [1.82, 2.24) is 5.32 Å². The quantitative estimate of drug-likeness (QED) is 0.846. The smallest absolute Gasteiger partial charge is 0.230 e. The molecule has 2 atom stereocenters. The van der Waals surface area contributed by atoms with Crippen molar-refractivity contribution in [3.05, 3.63) is 29.8 Å². The standard InChI is InChI=1S/C15H19NO3/c1-9(2)19-12-6-4-11(5-7-12)10(3)13-8-14(17)16-15(13)18/h4-7,9-10,13H,8H2,1-3H3,(H,16,17,18). The topological polar surface area (TPSA) is 55.4 Å². The molecular weight excluding hydrogens is 242 g/mol. The highest BCUT2D eigenvalue weighted by Crippen LogP contribution is 2.30. The van der Waals surface area contributed by atoms with Gasteiger partial charge in [-0.3, -0.25) is 14.9 Å². The van der Waals surface area contributed by atoms with Crippen LogP contribution in [0.2, 0.25) is 0 Å². The monoisotopic (exact) mass is 261 g/mol. The van der Waals surface area contributed by atoms with Gasteiger partial charge in [0.2, 0.25) is 11.8 Å². The van der Waals surface area contributed by atoms with Crippen LogP contribution in [0.15, 0.2) is 24.3 Å². The number of ether oxygens (including phenoxy) is 1. The van der Waals surface area contributed by atoms with Crippen molar-refractivity contribution in [2.24, 2.45) is 5.92 Å². The normalized spacial score (nSPS) is 20.5. The summed E-state index contributed by atoms with van der Waals surface area (Å²) >= 11 is 0. The van der Waals surface area contributed by atoms with Crippen LogP contribution in [0.1, 0.15) is 38.7 Å². The Morgan fingerprint density at radius 1 is 1.16 bits per heavy atom. The van der Waals surface area contributed by atoms with Crippen LogP contribution in [0, 0.1) is 5.92 Å². The molecular formula is C15H19NO3. The van der Waals surface area contributed by atoms with Crippen LogP contribution in [-0.2, 0) is 9.59 Å².